The highest BCUT2D eigenvalue weighted by Crippen LogP contribution is 2.27. The van der Waals surface area contributed by atoms with Gasteiger partial charge in [-0.25, -0.2) is 4.79 Å². The second-order valence-corrected chi connectivity index (χ2v) is 7.37. The normalized spacial score (nSPS) is 19.1. The zero-order valence-electron chi connectivity index (χ0n) is 16.5. The Labute approximate surface area is 161 Å². The van der Waals surface area contributed by atoms with Gasteiger partial charge in [-0.05, 0) is 68.8 Å². The third-order valence-electron chi connectivity index (χ3n) is 5.51. The van der Waals surface area contributed by atoms with Gasteiger partial charge in [0.25, 0.3) is 5.91 Å². The maximum absolute atomic E-state index is 12.2. The maximum atomic E-state index is 12.2. The van der Waals surface area contributed by atoms with Crippen molar-refractivity contribution < 1.29 is 14.3 Å². The average molecular weight is 373 g/mol. The zero-order valence-corrected chi connectivity index (χ0v) is 16.5. The van der Waals surface area contributed by atoms with Crippen molar-refractivity contribution in [3.05, 3.63) is 29.3 Å². The molecule has 1 atom stereocenters. The minimum absolute atomic E-state index is 0.00315. The van der Waals surface area contributed by atoms with Crippen LogP contribution < -0.4 is 10.1 Å². The first-order valence-corrected chi connectivity index (χ1v) is 10.2. The SMILES string of the molecule is CCc1cc(OCCNCCCCN2C(=O)C3CCCN3C2=O)ccc1C. The number of unbranched alkanes of at least 4 members (excludes halogenated alkanes) is 1. The topological polar surface area (TPSA) is 61.9 Å². The van der Waals surface area contributed by atoms with E-state index in [0.717, 1.165) is 57.5 Å². The number of ether oxygens (including phenoxy) is 1. The molecule has 6 heteroatoms. The number of aryl methyl sites for hydroxylation is 2. The van der Waals surface area contributed by atoms with Gasteiger partial charge in [0.05, 0.1) is 0 Å². The molecule has 27 heavy (non-hydrogen) atoms. The number of amides is 3. The first-order chi connectivity index (χ1) is 13.1. The van der Waals surface area contributed by atoms with E-state index in [9.17, 15) is 9.59 Å². The van der Waals surface area contributed by atoms with Gasteiger partial charge in [0.1, 0.15) is 18.4 Å². The Bertz CT molecular complexity index is 655. The van der Waals surface area contributed by atoms with Gasteiger partial charge in [-0.15, -0.1) is 0 Å². The molecule has 1 aromatic carbocycles. The molecular formula is C21H31N3O3. The van der Waals surface area contributed by atoms with Crippen LogP contribution in [0.1, 0.15) is 43.7 Å². The molecule has 2 aliphatic rings. The van der Waals surface area contributed by atoms with Gasteiger partial charge in [0, 0.05) is 19.6 Å². The molecule has 6 nitrogen and oxygen atoms in total. The van der Waals surface area contributed by atoms with Crippen molar-refractivity contribution >= 4 is 11.9 Å². The number of carbonyl (C=O) groups excluding carboxylic acids is 2. The predicted octanol–water partition coefficient (Wildman–Crippen LogP) is 2.73. The summed E-state index contributed by atoms with van der Waals surface area (Å²) in [7, 11) is 0. The van der Waals surface area contributed by atoms with E-state index in [1.54, 1.807) is 4.90 Å². The Morgan fingerprint density at radius 2 is 2.07 bits per heavy atom. The molecule has 2 saturated heterocycles. The summed E-state index contributed by atoms with van der Waals surface area (Å²) in [6, 6.07) is 5.97. The zero-order chi connectivity index (χ0) is 19.2. The van der Waals surface area contributed by atoms with Gasteiger partial charge in [0.2, 0.25) is 0 Å². The van der Waals surface area contributed by atoms with Gasteiger partial charge in [-0.1, -0.05) is 13.0 Å². The number of urea groups is 1. The molecular weight excluding hydrogens is 342 g/mol. The Hall–Kier alpha value is -2.08. The highest BCUT2D eigenvalue weighted by atomic mass is 16.5. The summed E-state index contributed by atoms with van der Waals surface area (Å²) in [5.74, 6) is 0.925. The number of fused-ring (bicyclic) bond motifs is 1. The van der Waals surface area contributed by atoms with Crippen LogP contribution in [0.5, 0.6) is 5.75 Å². The van der Waals surface area contributed by atoms with E-state index >= 15 is 0 Å². The molecule has 1 N–H and O–H groups in total. The summed E-state index contributed by atoms with van der Waals surface area (Å²) in [5.41, 5.74) is 2.63. The molecule has 0 saturated carbocycles. The molecule has 0 spiro atoms. The van der Waals surface area contributed by atoms with Gasteiger partial charge in [-0.2, -0.15) is 0 Å². The second-order valence-electron chi connectivity index (χ2n) is 7.37. The second kappa shape index (κ2) is 9.22. The van der Waals surface area contributed by atoms with Crippen LogP contribution in [0.25, 0.3) is 0 Å². The number of hydrogen-bond donors (Lipinski definition) is 1. The van der Waals surface area contributed by atoms with Crippen molar-refractivity contribution in [1.29, 1.82) is 0 Å². The molecule has 0 aromatic heterocycles. The Morgan fingerprint density at radius 3 is 2.85 bits per heavy atom. The number of rotatable bonds is 10. The first-order valence-electron chi connectivity index (χ1n) is 10.2. The number of carbonyl (C=O) groups is 2. The van der Waals surface area contributed by atoms with Crippen molar-refractivity contribution in [2.45, 2.75) is 52.0 Å². The largest absolute Gasteiger partial charge is 0.492 e. The number of hydrogen-bond acceptors (Lipinski definition) is 4. The molecule has 1 aromatic rings. The molecule has 0 aliphatic carbocycles. The summed E-state index contributed by atoms with van der Waals surface area (Å²) in [4.78, 5) is 27.6. The summed E-state index contributed by atoms with van der Waals surface area (Å²) in [5, 5.41) is 3.36. The van der Waals surface area contributed by atoms with Crippen LogP contribution in [0.4, 0.5) is 4.79 Å². The number of nitrogens with zero attached hydrogens (tertiary/aromatic N) is 2. The van der Waals surface area contributed by atoms with Crippen molar-refractivity contribution in [2.75, 3.05) is 32.8 Å². The maximum Gasteiger partial charge on any atom is 0.327 e. The molecule has 2 heterocycles. The van der Waals surface area contributed by atoms with Gasteiger partial charge >= 0.3 is 6.03 Å². The molecule has 3 rings (SSSR count). The number of benzene rings is 1. The Kier molecular flexibility index (Phi) is 6.72. The number of nitrogens with one attached hydrogen (secondary N) is 1. The van der Waals surface area contributed by atoms with E-state index in [2.05, 4.69) is 31.3 Å². The lowest BCUT2D eigenvalue weighted by atomic mass is 10.1. The van der Waals surface area contributed by atoms with Crippen molar-refractivity contribution in [2.24, 2.45) is 0 Å². The fourth-order valence-corrected chi connectivity index (χ4v) is 3.89. The van der Waals surface area contributed by atoms with E-state index in [1.165, 1.54) is 16.0 Å². The van der Waals surface area contributed by atoms with E-state index in [0.29, 0.717) is 13.2 Å². The predicted molar refractivity (Wildman–Crippen MR) is 105 cm³/mol. The van der Waals surface area contributed by atoms with E-state index in [-0.39, 0.29) is 18.0 Å². The summed E-state index contributed by atoms with van der Waals surface area (Å²) in [6.07, 6.45) is 4.56. The van der Waals surface area contributed by atoms with Gasteiger partial charge in [0.15, 0.2) is 0 Å². The third kappa shape index (κ3) is 4.61. The van der Waals surface area contributed by atoms with Crippen LogP contribution in [0.15, 0.2) is 18.2 Å². The van der Waals surface area contributed by atoms with Crippen LogP contribution in [-0.2, 0) is 11.2 Å². The van der Waals surface area contributed by atoms with Crippen LogP contribution in [0.2, 0.25) is 0 Å². The van der Waals surface area contributed by atoms with Gasteiger partial charge < -0.3 is 15.0 Å². The van der Waals surface area contributed by atoms with E-state index in [4.69, 9.17) is 4.74 Å². The molecule has 2 fully saturated rings. The number of imide groups is 1. The summed E-state index contributed by atoms with van der Waals surface area (Å²) < 4.78 is 5.80. The molecule has 0 bridgehead atoms. The van der Waals surface area contributed by atoms with Crippen molar-refractivity contribution in [1.82, 2.24) is 15.1 Å². The highest BCUT2D eigenvalue weighted by molar-refractivity contribution is 6.04. The quantitative estimate of drug-likeness (QED) is 0.506. The molecule has 0 radical (unpaired) electrons. The van der Waals surface area contributed by atoms with Crippen LogP contribution in [-0.4, -0.2) is 60.6 Å². The molecule has 3 amide bonds. The summed E-state index contributed by atoms with van der Waals surface area (Å²) in [6.45, 7) is 7.82. The van der Waals surface area contributed by atoms with Crippen LogP contribution >= 0.6 is 0 Å². The molecule has 1 unspecified atom stereocenters. The lowest BCUT2D eigenvalue weighted by Gasteiger charge is -2.15. The summed E-state index contributed by atoms with van der Waals surface area (Å²) >= 11 is 0. The Balaban J connectivity index is 1.26. The van der Waals surface area contributed by atoms with Crippen LogP contribution in [0.3, 0.4) is 0 Å². The smallest absolute Gasteiger partial charge is 0.327 e. The monoisotopic (exact) mass is 373 g/mol. The first kappa shape index (κ1) is 19.7. The van der Waals surface area contributed by atoms with Gasteiger partial charge in [-0.3, -0.25) is 9.69 Å². The van der Waals surface area contributed by atoms with Crippen molar-refractivity contribution in [3.63, 3.8) is 0 Å². The third-order valence-corrected chi connectivity index (χ3v) is 5.51. The van der Waals surface area contributed by atoms with E-state index in [1.807, 2.05) is 6.07 Å². The van der Waals surface area contributed by atoms with Crippen LogP contribution in [0, 0.1) is 6.92 Å². The fraction of sp³-hybridized carbons (Fsp3) is 0.619. The standard InChI is InChI=1S/C21H31N3O3/c1-3-17-15-18(9-8-16(17)2)27-14-11-22-10-4-5-12-24-20(25)19-7-6-13-23(19)21(24)26/h8-9,15,19,22H,3-7,10-14H2,1-2H3. The molecule has 148 valence electrons. The lowest BCUT2D eigenvalue weighted by molar-refractivity contribution is -0.128. The fourth-order valence-electron chi connectivity index (χ4n) is 3.89. The highest BCUT2D eigenvalue weighted by Gasteiger charge is 2.46. The van der Waals surface area contributed by atoms with Crippen molar-refractivity contribution in [3.8, 4) is 5.75 Å². The minimum Gasteiger partial charge on any atom is -0.492 e. The molecule has 2 aliphatic heterocycles. The minimum atomic E-state index is -0.178. The van der Waals surface area contributed by atoms with E-state index < -0.39 is 0 Å². The Morgan fingerprint density at radius 1 is 1.22 bits per heavy atom. The average Bonchev–Trinajstić information content (AvgIpc) is 3.24. The lowest BCUT2D eigenvalue weighted by Crippen LogP contribution is -2.34.